The van der Waals surface area contributed by atoms with Crippen molar-refractivity contribution in [1.29, 1.82) is 0 Å². The number of nitro groups is 3. The van der Waals surface area contributed by atoms with Gasteiger partial charge in [0.2, 0.25) is 0 Å². The zero-order valence-corrected chi connectivity index (χ0v) is 23.0. The van der Waals surface area contributed by atoms with E-state index in [1.807, 2.05) is 54.6 Å². The Bertz CT molecular complexity index is 2590. The summed E-state index contributed by atoms with van der Waals surface area (Å²) >= 11 is 0. The molecule has 0 saturated heterocycles. The summed E-state index contributed by atoms with van der Waals surface area (Å²) in [7, 11) is 0. The summed E-state index contributed by atoms with van der Waals surface area (Å²) in [6.07, 6.45) is 0. The van der Waals surface area contributed by atoms with Crippen molar-refractivity contribution in [3.63, 3.8) is 0 Å². The Morgan fingerprint density at radius 3 is 0.756 bits per heavy atom. The molecule has 45 heavy (non-hydrogen) atoms. The smallest absolute Gasteiger partial charge is 0.258 e. The molecule has 9 nitrogen and oxygen atoms in total. The Morgan fingerprint density at radius 2 is 0.511 bits per heavy atom. The molecule has 0 N–H and O–H groups in total. The van der Waals surface area contributed by atoms with Gasteiger partial charge in [-0.15, -0.1) is 0 Å². The van der Waals surface area contributed by atoms with E-state index in [0.29, 0.717) is 16.2 Å². The van der Waals surface area contributed by atoms with Crippen LogP contribution in [0.25, 0.3) is 97.0 Å². The molecule has 0 aliphatic rings. The average Bonchev–Trinajstić information content (AvgIpc) is 3.66. The van der Waals surface area contributed by atoms with Gasteiger partial charge in [0.25, 0.3) is 17.1 Å². The first-order chi connectivity index (χ1) is 21.9. The minimum absolute atomic E-state index is 0.0127. The van der Waals surface area contributed by atoms with E-state index in [4.69, 9.17) is 0 Å². The predicted octanol–water partition coefficient (Wildman–Crippen LogP) is 10.1. The maximum absolute atomic E-state index is 12.1. The van der Waals surface area contributed by atoms with Gasteiger partial charge in [-0.05, 0) is 101 Å². The van der Waals surface area contributed by atoms with Gasteiger partial charge < -0.3 is 0 Å². The van der Waals surface area contributed by atoms with E-state index in [0.717, 1.165) is 80.8 Å². The van der Waals surface area contributed by atoms with E-state index in [2.05, 4.69) is 0 Å². The van der Waals surface area contributed by atoms with E-state index >= 15 is 0 Å². The van der Waals surface area contributed by atoms with Crippen LogP contribution in [-0.4, -0.2) is 14.8 Å². The number of fused-ring (bicyclic) bond motifs is 12. The first kappa shape index (κ1) is 24.0. The molecule has 0 unspecified atom stereocenters. The van der Waals surface area contributed by atoms with Crippen LogP contribution in [0.4, 0.5) is 17.1 Å². The maximum atomic E-state index is 12.1. The third-order valence-electron chi connectivity index (χ3n) is 9.76. The average molecular weight is 586 g/mol. The summed E-state index contributed by atoms with van der Waals surface area (Å²) in [5.74, 6) is 0. The highest BCUT2D eigenvalue weighted by Crippen LogP contribution is 2.56. The van der Waals surface area contributed by atoms with Crippen molar-refractivity contribution in [2.45, 2.75) is 0 Å². The standard InChI is InChI=1S/C36H15N3O6/c40-37(41)25-13-10-22-28-16(25)4-1-7-19(28)31-34(22)32-21-9-3-6-18-27(39(44)45)15-12-24(30(18)21)36(32)33-20-8-2-5-17-26(38(42)43)14-11-23(29(17)20)35(31)33/h1-15H. The zero-order chi connectivity index (χ0) is 30.5. The van der Waals surface area contributed by atoms with Crippen LogP contribution < -0.4 is 0 Å². The van der Waals surface area contributed by atoms with Crippen LogP contribution in [0.5, 0.6) is 0 Å². The number of rotatable bonds is 3. The quantitative estimate of drug-likeness (QED) is 0.150. The lowest BCUT2D eigenvalue weighted by Gasteiger charge is -2.04. The molecule has 0 saturated carbocycles. The molecule has 0 bridgehead atoms. The third-order valence-corrected chi connectivity index (χ3v) is 9.76. The van der Waals surface area contributed by atoms with Gasteiger partial charge in [-0.2, -0.15) is 0 Å². The molecule has 0 radical (unpaired) electrons. The highest BCUT2D eigenvalue weighted by atomic mass is 16.6. The molecule has 0 fully saturated rings. The van der Waals surface area contributed by atoms with Crippen LogP contribution in [-0.2, 0) is 0 Å². The normalized spacial score (nSPS) is 12.5. The number of benzene rings is 7. The van der Waals surface area contributed by atoms with Gasteiger partial charge in [0.15, 0.2) is 0 Å². The van der Waals surface area contributed by atoms with Crippen LogP contribution in [0.2, 0.25) is 0 Å². The summed E-state index contributed by atoms with van der Waals surface area (Å²) in [6.45, 7) is 0. The first-order valence-corrected chi connectivity index (χ1v) is 14.2. The summed E-state index contributed by atoms with van der Waals surface area (Å²) < 4.78 is 0. The van der Waals surface area contributed by atoms with Crippen LogP contribution in [0.15, 0.2) is 91.0 Å². The Hall–Kier alpha value is -6.48. The lowest BCUT2D eigenvalue weighted by atomic mass is 9.97. The molecule has 10 rings (SSSR count). The molecular weight excluding hydrogens is 570 g/mol. The maximum Gasteiger partial charge on any atom is 0.277 e. The van der Waals surface area contributed by atoms with Gasteiger partial charge in [0, 0.05) is 34.4 Å². The summed E-state index contributed by atoms with van der Waals surface area (Å²) in [5.41, 5.74) is 0.0381. The van der Waals surface area contributed by atoms with Crippen molar-refractivity contribution in [1.82, 2.24) is 0 Å². The predicted molar refractivity (Wildman–Crippen MR) is 178 cm³/mol. The Labute approximate surface area is 249 Å². The Balaban J connectivity index is 1.64. The molecule has 0 amide bonds. The van der Waals surface area contributed by atoms with Crippen molar-refractivity contribution in [2.75, 3.05) is 0 Å². The van der Waals surface area contributed by atoms with Gasteiger partial charge in [-0.3, -0.25) is 30.3 Å². The lowest BCUT2D eigenvalue weighted by molar-refractivity contribution is -0.383. The Kier molecular flexibility index (Phi) is 4.12. The van der Waals surface area contributed by atoms with E-state index in [-0.39, 0.29) is 31.8 Å². The SMILES string of the molecule is O=[N+]([O-])c1ccc2c3c1cccc3c1c2c2c3cccc4c([N+](=O)[O-])ccc(c43)c2c2c3cccc4c([N+](=O)[O-])ccc(c43)c12. The molecule has 0 aliphatic heterocycles. The topological polar surface area (TPSA) is 129 Å². The fourth-order valence-corrected chi connectivity index (χ4v) is 8.27. The van der Waals surface area contributed by atoms with E-state index in [9.17, 15) is 30.3 Å². The molecule has 0 atom stereocenters. The number of hydrogen-bond donors (Lipinski definition) is 0. The van der Waals surface area contributed by atoms with Crippen molar-refractivity contribution in [3.8, 4) is 0 Å². The van der Waals surface area contributed by atoms with Crippen LogP contribution >= 0.6 is 0 Å². The van der Waals surface area contributed by atoms with Gasteiger partial charge in [0.1, 0.15) is 0 Å². The van der Waals surface area contributed by atoms with Crippen LogP contribution in [0, 0.1) is 30.3 Å². The van der Waals surface area contributed by atoms with E-state index in [1.54, 1.807) is 36.4 Å². The van der Waals surface area contributed by atoms with Crippen molar-refractivity contribution in [2.24, 2.45) is 0 Å². The highest BCUT2D eigenvalue weighted by Gasteiger charge is 2.30. The van der Waals surface area contributed by atoms with Crippen molar-refractivity contribution < 1.29 is 14.8 Å². The molecule has 10 aromatic carbocycles. The third kappa shape index (κ3) is 2.62. The van der Waals surface area contributed by atoms with Crippen molar-refractivity contribution >= 4 is 114 Å². The number of nitrogens with zero attached hydrogens (tertiary/aromatic N) is 3. The molecular formula is C36H15N3O6. The monoisotopic (exact) mass is 585 g/mol. The van der Waals surface area contributed by atoms with Crippen molar-refractivity contribution in [3.05, 3.63) is 121 Å². The van der Waals surface area contributed by atoms with Gasteiger partial charge in [0.05, 0.1) is 30.9 Å². The Morgan fingerprint density at radius 1 is 0.289 bits per heavy atom. The molecule has 0 spiro atoms. The molecule has 0 aromatic heterocycles. The molecule has 210 valence electrons. The summed E-state index contributed by atoms with van der Waals surface area (Å²) in [6, 6.07) is 26.8. The molecule has 10 aromatic rings. The first-order valence-electron chi connectivity index (χ1n) is 14.2. The second-order valence-corrected chi connectivity index (χ2v) is 11.6. The van der Waals surface area contributed by atoms with Crippen LogP contribution in [0.3, 0.4) is 0 Å². The van der Waals surface area contributed by atoms with Crippen LogP contribution in [0.1, 0.15) is 0 Å². The fourth-order valence-electron chi connectivity index (χ4n) is 8.27. The van der Waals surface area contributed by atoms with Gasteiger partial charge >= 0.3 is 0 Å². The highest BCUT2D eigenvalue weighted by molar-refractivity contribution is 6.55. The second-order valence-electron chi connectivity index (χ2n) is 11.6. The molecule has 0 aliphatic carbocycles. The summed E-state index contributed by atoms with van der Waals surface area (Å²) in [5, 5.41) is 50.9. The number of non-ortho nitro benzene ring substituents is 3. The van der Waals surface area contributed by atoms with E-state index < -0.39 is 0 Å². The summed E-state index contributed by atoms with van der Waals surface area (Å²) in [4.78, 5) is 35.3. The second kappa shape index (κ2) is 7.72. The molecule has 9 heteroatoms. The minimum atomic E-state index is -0.369. The number of nitro benzene ring substituents is 3. The van der Waals surface area contributed by atoms with Gasteiger partial charge in [-0.1, -0.05) is 36.4 Å². The minimum Gasteiger partial charge on any atom is -0.258 e. The molecule has 0 heterocycles. The number of hydrogen-bond acceptors (Lipinski definition) is 6. The van der Waals surface area contributed by atoms with E-state index in [1.165, 1.54) is 0 Å². The fraction of sp³-hybridized carbons (Fsp3) is 0. The zero-order valence-electron chi connectivity index (χ0n) is 23.0. The lowest BCUT2D eigenvalue weighted by Crippen LogP contribution is -1.89. The van der Waals surface area contributed by atoms with Gasteiger partial charge in [-0.25, -0.2) is 0 Å². The largest absolute Gasteiger partial charge is 0.277 e.